The maximum atomic E-state index is 12.1. The molecule has 2 unspecified atom stereocenters. The van der Waals surface area contributed by atoms with Gasteiger partial charge in [-0.1, -0.05) is 34.1 Å². The Morgan fingerprint density at radius 3 is 2.59 bits per heavy atom. The highest BCUT2D eigenvalue weighted by Gasteiger charge is 2.39. The summed E-state index contributed by atoms with van der Waals surface area (Å²) < 4.78 is 0. The lowest BCUT2D eigenvalue weighted by Gasteiger charge is -2.26. The summed E-state index contributed by atoms with van der Waals surface area (Å²) in [5.74, 6) is 0.963. The van der Waals surface area contributed by atoms with E-state index in [1.165, 1.54) is 6.42 Å². The highest BCUT2D eigenvalue weighted by Crippen LogP contribution is 2.42. The van der Waals surface area contributed by atoms with E-state index in [4.69, 9.17) is 5.73 Å². The number of carbonyl (C=O) groups is 1. The van der Waals surface area contributed by atoms with Gasteiger partial charge in [0, 0.05) is 18.5 Å². The molecule has 0 aromatic carbocycles. The average Bonchev–Trinajstić information content (AvgIpc) is 2.53. The Kier molecular flexibility index (Phi) is 4.99. The van der Waals surface area contributed by atoms with Crippen LogP contribution in [0.4, 0.5) is 0 Å². The van der Waals surface area contributed by atoms with Crippen LogP contribution in [-0.4, -0.2) is 18.5 Å². The summed E-state index contributed by atoms with van der Waals surface area (Å²) in [4.78, 5) is 12.1. The maximum absolute atomic E-state index is 12.1. The van der Waals surface area contributed by atoms with Crippen LogP contribution in [0.5, 0.6) is 0 Å². The van der Waals surface area contributed by atoms with E-state index in [-0.39, 0.29) is 23.3 Å². The second-order valence-corrected chi connectivity index (χ2v) is 6.57. The molecule has 3 nitrogen and oxygen atoms in total. The second-order valence-electron chi connectivity index (χ2n) is 6.57. The van der Waals surface area contributed by atoms with E-state index in [1.807, 2.05) is 0 Å². The smallest absolute Gasteiger partial charge is 0.223 e. The van der Waals surface area contributed by atoms with Gasteiger partial charge >= 0.3 is 0 Å². The van der Waals surface area contributed by atoms with Gasteiger partial charge in [0.1, 0.15) is 0 Å². The molecule has 1 rings (SSSR count). The van der Waals surface area contributed by atoms with Crippen molar-refractivity contribution in [2.75, 3.05) is 6.54 Å². The SMILES string of the molecule is CC(C)CC(N)CNC(=O)C1CCCC1(C)C. The van der Waals surface area contributed by atoms with Gasteiger partial charge < -0.3 is 11.1 Å². The normalized spacial score (nSPS) is 24.9. The summed E-state index contributed by atoms with van der Waals surface area (Å²) >= 11 is 0. The Bertz CT molecular complexity index is 261. The van der Waals surface area contributed by atoms with Gasteiger partial charge in [0.05, 0.1) is 0 Å². The Balaban J connectivity index is 2.35. The number of amides is 1. The molecule has 0 spiro atoms. The minimum Gasteiger partial charge on any atom is -0.354 e. The molecule has 0 aromatic heterocycles. The molecule has 1 aliphatic carbocycles. The molecule has 0 saturated heterocycles. The van der Waals surface area contributed by atoms with Crippen molar-refractivity contribution < 1.29 is 4.79 Å². The van der Waals surface area contributed by atoms with Crippen molar-refractivity contribution in [3.05, 3.63) is 0 Å². The number of hydrogen-bond acceptors (Lipinski definition) is 2. The van der Waals surface area contributed by atoms with Gasteiger partial charge in [-0.3, -0.25) is 4.79 Å². The van der Waals surface area contributed by atoms with Crippen molar-refractivity contribution in [2.45, 2.75) is 59.4 Å². The van der Waals surface area contributed by atoms with E-state index in [0.717, 1.165) is 19.3 Å². The Morgan fingerprint density at radius 2 is 2.12 bits per heavy atom. The number of nitrogens with two attached hydrogens (primary N) is 1. The zero-order valence-electron chi connectivity index (χ0n) is 11.8. The Morgan fingerprint density at radius 1 is 1.47 bits per heavy atom. The summed E-state index contributed by atoms with van der Waals surface area (Å²) in [6.45, 7) is 9.31. The third kappa shape index (κ3) is 4.30. The van der Waals surface area contributed by atoms with Crippen LogP contribution in [-0.2, 0) is 4.79 Å². The van der Waals surface area contributed by atoms with Crippen LogP contribution in [0.15, 0.2) is 0 Å². The van der Waals surface area contributed by atoms with Crippen LogP contribution in [0.25, 0.3) is 0 Å². The Labute approximate surface area is 106 Å². The molecule has 0 aliphatic heterocycles. The molecule has 3 N–H and O–H groups in total. The molecular formula is C14H28N2O. The fourth-order valence-corrected chi connectivity index (χ4v) is 2.86. The lowest BCUT2D eigenvalue weighted by atomic mass is 9.81. The first-order valence-electron chi connectivity index (χ1n) is 6.86. The first kappa shape index (κ1) is 14.5. The van der Waals surface area contributed by atoms with Crippen LogP contribution in [0.1, 0.15) is 53.4 Å². The van der Waals surface area contributed by atoms with Gasteiger partial charge in [-0.25, -0.2) is 0 Å². The van der Waals surface area contributed by atoms with E-state index >= 15 is 0 Å². The molecule has 1 aliphatic rings. The molecule has 0 radical (unpaired) electrons. The van der Waals surface area contributed by atoms with Crippen molar-refractivity contribution in [1.29, 1.82) is 0 Å². The molecule has 100 valence electrons. The summed E-state index contributed by atoms with van der Waals surface area (Å²) in [5, 5.41) is 3.02. The van der Waals surface area contributed by atoms with E-state index < -0.39 is 0 Å². The van der Waals surface area contributed by atoms with Gasteiger partial charge in [-0.05, 0) is 30.6 Å². The Hall–Kier alpha value is -0.570. The monoisotopic (exact) mass is 240 g/mol. The molecule has 17 heavy (non-hydrogen) atoms. The van der Waals surface area contributed by atoms with Crippen molar-refractivity contribution in [1.82, 2.24) is 5.32 Å². The zero-order valence-corrected chi connectivity index (χ0v) is 11.8. The molecule has 1 saturated carbocycles. The number of rotatable bonds is 5. The minimum atomic E-state index is 0.0865. The zero-order chi connectivity index (χ0) is 13.1. The van der Waals surface area contributed by atoms with Crippen LogP contribution in [0.3, 0.4) is 0 Å². The molecule has 1 amide bonds. The molecular weight excluding hydrogens is 212 g/mol. The van der Waals surface area contributed by atoms with Crippen LogP contribution >= 0.6 is 0 Å². The summed E-state index contributed by atoms with van der Waals surface area (Å²) in [6, 6.07) is 0.0865. The van der Waals surface area contributed by atoms with E-state index in [0.29, 0.717) is 12.5 Å². The van der Waals surface area contributed by atoms with Gasteiger partial charge in [0.25, 0.3) is 0 Å². The fraction of sp³-hybridized carbons (Fsp3) is 0.929. The standard InChI is InChI=1S/C14H28N2O/c1-10(2)8-11(15)9-16-13(17)12-6-5-7-14(12,3)4/h10-12H,5-9,15H2,1-4H3,(H,16,17). The van der Waals surface area contributed by atoms with E-state index in [1.54, 1.807) is 0 Å². The largest absolute Gasteiger partial charge is 0.354 e. The van der Waals surface area contributed by atoms with Crippen LogP contribution in [0, 0.1) is 17.3 Å². The minimum absolute atomic E-state index is 0.0865. The predicted molar refractivity (Wildman–Crippen MR) is 71.6 cm³/mol. The predicted octanol–water partition coefficient (Wildman–Crippen LogP) is 2.30. The van der Waals surface area contributed by atoms with E-state index in [9.17, 15) is 4.79 Å². The summed E-state index contributed by atoms with van der Waals surface area (Å²) in [7, 11) is 0. The quantitative estimate of drug-likeness (QED) is 0.774. The fourth-order valence-electron chi connectivity index (χ4n) is 2.86. The molecule has 2 atom stereocenters. The van der Waals surface area contributed by atoms with E-state index in [2.05, 4.69) is 33.0 Å². The van der Waals surface area contributed by atoms with Crippen molar-refractivity contribution in [3.8, 4) is 0 Å². The number of hydrogen-bond donors (Lipinski definition) is 2. The van der Waals surface area contributed by atoms with Gasteiger partial charge in [-0.2, -0.15) is 0 Å². The van der Waals surface area contributed by atoms with Crippen molar-refractivity contribution >= 4 is 5.91 Å². The topological polar surface area (TPSA) is 55.1 Å². The van der Waals surface area contributed by atoms with Gasteiger partial charge in [0.2, 0.25) is 5.91 Å². The molecule has 3 heteroatoms. The molecule has 0 bridgehead atoms. The number of nitrogens with one attached hydrogen (secondary N) is 1. The highest BCUT2D eigenvalue weighted by atomic mass is 16.1. The van der Waals surface area contributed by atoms with Crippen LogP contribution in [0.2, 0.25) is 0 Å². The van der Waals surface area contributed by atoms with Crippen molar-refractivity contribution in [3.63, 3.8) is 0 Å². The molecule has 0 heterocycles. The lowest BCUT2D eigenvalue weighted by molar-refractivity contribution is -0.127. The first-order valence-corrected chi connectivity index (χ1v) is 6.86. The summed E-state index contributed by atoms with van der Waals surface area (Å²) in [6.07, 6.45) is 4.32. The molecule has 1 fully saturated rings. The lowest BCUT2D eigenvalue weighted by Crippen LogP contribution is -2.42. The third-order valence-corrected chi connectivity index (χ3v) is 3.89. The molecule has 0 aromatic rings. The second kappa shape index (κ2) is 5.85. The van der Waals surface area contributed by atoms with Gasteiger partial charge in [-0.15, -0.1) is 0 Å². The maximum Gasteiger partial charge on any atom is 0.223 e. The van der Waals surface area contributed by atoms with Crippen molar-refractivity contribution in [2.24, 2.45) is 23.0 Å². The van der Waals surface area contributed by atoms with Crippen LogP contribution < -0.4 is 11.1 Å². The summed E-state index contributed by atoms with van der Waals surface area (Å²) in [5.41, 5.74) is 6.13. The first-order chi connectivity index (χ1) is 7.83. The average molecular weight is 240 g/mol. The van der Waals surface area contributed by atoms with Gasteiger partial charge in [0.15, 0.2) is 0 Å². The number of carbonyl (C=O) groups excluding carboxylic acids is 1. The third-order valence-electron chi connectivity index (χ3n) is 3.89. The highest BCUT2D eigenvalue weighted by molar-refractivity contribution is 5.79.